The molecule has 2 aromatic rings. The summed E-state index contributed by atoms with van der Waals surface area (Å²) < 4.78 is 27.6. The molecule has 1 aliphatic heterocycles. The molecule has 0 unspecified atom stereocenters. The summed E-state index contributed by atoms with van der Waals surface area (Å²) >= 11 is 0. The van der Waals surface area contributed by atoms with Crippen molar-refractivity contribution in [3.8, 4) is 0 Å². The molecule has 1 aliphatic rings. The van der Waals surface area contributed by atoms with Gasteiger partial charge in [0.2, 0.25) is 10.0 Å². The zero-order chi connectivity index (χ0) is 19.4. The predicted molar refractivity (Wildman–Crippen MR) is 107 cm³/mol. The summed E-state index contributed by atoms with van der Waals surface area (Å²) in [7, 11) is 0.252. The van der Waals surface area contributed by atoms with E-state index in [-0.39, 0.29) is 10.8 Å². The van der Waals surface area contributed by atoms with Crippen molar-refractivity contribution in [1.82, 2.24) is 9.62 Å². The number of nitrogens with one attached hydrogen (secondary N) is 1. The first-order chi connectivity index (χ1) is 12.9. The van der Waals surface area contributed by atoms with Gasteiger partial charge >= 0.3 is 0 Å². The molecule has 1 N–H and O–H groups in total. The van der Waals surface area contributed by atoms with Gasteiger partial charge in [-0.2, -0.15) is 0 Å². The Hall–Kier alpha value is -2.22. The Labute approximate surface area is 160 Å². The van der Waals surface area contributed by atoms with Gasteiger partial charge in [0.05, 0.1) is 4.90 Å². The van der Waals surface area contributed by atoms with Gasteiger partial charge in [0.15, 0.2) is 0 Å². The highest BCUT2D eigenvalue weighted by Gasteiger charge is 2.26. The predicted octanol–water partition coefficient (Wildman–Crippen LogP) is 2.12. The van der Waals surface area contributed by atoms with Crippen LogP contribution in [0.25, 0.3) is 0 Å². The van der Waals surface area contributed by atoms with Crippen LogP contribution in [0.3, 0.4) is 0 Å². The van der Waals surface area contributed by atoms with E-state index < -0.39 is 10.0 Å². The maximum atomic E-state index is 12.9. The lowest BCUT2D eigenvalue weighted by molar-refractivity contribution is 0.0989. The van der Waals surface area contributed by atoms with Gasteiger partial charge in [0.1, 0.15) is 0 Å². The third-order valence-electron chi connectivity index (χ3n) is 4.60. The largest absolute Gasteiger partial charge is 0.309 e. The van der Waals surface area contributed by atoms with E-state index in [4.69, 9.17) is 0 Å². The molecule has 27 heavy (non-hydrogen) atoms. The molecule has 0 fully saturated rings. The van der Waals surface area contributed by atoms with Crippen LogP contribution < -0.4 is 9.62 Å². The third kappa shape index (κ3) is 4.55. The van der Waals surface area contributed by atoms with E-state index in [1.165, 1.54) is 12.1 Å². The van der Waals surface area contributed by atoms with E-state index in [1.54, 1.807) is 17.0 Å². The van der Waals surface area contributed by atoms with Crippen molar-refractivity contribution in [2.75, 3.05) is 38.6 Å². The number of fused-ring (bicyclic) bond motifs is 1. The number of amides is 1. The lowest BCUT2D eigenvalue weighted by atomic mass is 10.1. The Morgan fingerprint density at radius 2 is 1.93 bits per heavy atom. The standard InChI is InChI=1S/C20H25N3O3S/c1-22(2)13-6-12-21-27(25,26)18-9-5-8-17(15-18)20(24)23-14-11-16-7-3-4-10-19(16)23/h3-5,7-10,15,21H,6,11-14H2,1-2H3. The molecule has 0 aromatic heterocycles. The number of anilines is 1. The molecule has 0 spiro atoms. The molecule has 6 nitrogen and oxygen atoms in total. The number of carbonyl (C=O) groups is 1. The lowest BCUT2D eigenvalue weighted by Crippen LogP contribution is -2.30. The second kappa shape index (κ2) is 8.21. The van der Waals surface area contributed by atoms with Crippen LogP contribution >= 0.6 is 0 Å². The molecule has 3 rings (SSSR count). The van der Waals surface area contributed by atoms with Gasteiger partial charge < -0.3 is 9.80 Å². The molecule has 0 aliphatic carbocycles. The average molecular weight is 388 g/mol. The van der Waals surface area contributed by atoms with Gasteiger partial charge in [-0.15, -0.1) is 0 Å². The maximum Gasteiger partial charge on any atom is 0.258 e. The van der Waals surface area contributed by atoms with Crippen molar-refractivity contribution < 1.29 is 13.2 Å². The highest BCUT2D eigenvalue weighted by molar-refractivity contribution is 7.89. The first-order valence-electron chi connectivity index (χ1n) is 9.03. The molecule has 1 amide bonds. The number of benzene rings is 2. The van der Waals surface area contributed by atoms with Gasteiger partial charge in [-0.1, -0.05) is 24.3 Å². The Morgan fingerprint density at radius 3 is 2.70 bits per heavy atom. The molecular weight excluding hydrogens is 362 g/mol. The minimum Gasteiger partial charge on any atom is -0.309 e. The van der Waals surface area contributed by atoms with E-state index in [0.29, 0.717) is 18.7 Å². The SMILES string of the molecule is CN(C)CCCNS(=O)(=O)c1cccc(C(=O)N2CCc3ccccc32)c1. The summed E-state index contributed by atoms with van der Waals surface area (Å²) in [5.74, 6) is -0.176. The summed E-state index contributed by atoms with van der Waals surface area (Å²) in [4.78, 5) is 16.8. The second-order valence-electron chi connectivity index (χ2n) is 6.92. The van der Waals surface area contributed by atoms with Crippen LogP contribution in [0.2, 0.25) is 0 Å². The summed E-state index contributed by atoms with van der Waals surface area (Å²) in [6, 6.07) is 14.1. The van der Waals surface area contributed by atoms with Gasteiger partial charge in [0, 0.05) is 24.3 Å². The molecular formula is C20H25N3O3S. The number of nitrogens with zero attached hydrogens (tertiary/aromatic N) is 2. The quantitative estimate of drug-likeness (QED) is 0.739. The van der Waals surface area contributed by atoms with E-state index in [2.05, 4.69) is 4.72 Å². The summed E-state index contributed by atoms with van der Waals surface area (Å²) in [5, 5.41) is 0. The number of rotatable bonds is 7. The van der Waals surface area contributed by atoms with Gasteiger partial charge in [0.25, 0.3) is 5.91 Å². The normalized spacial score (nSPS) is 13.8. The van der Waals surface area contributed by atoms with Crippen LogP contribution in [0.15, 0.2) is 53.4 Å². The molecule has 7 heteroatoms. The first kappa shape index (κ1) is 19.5. The minimum atomic E-state index is -3.64. The Balaban J connectivity index is 1.75. The smallest absolute Gasteiger partial charge is 0.258 e. The fourth-order valence-corrected chi connectivity index (χ4v) is 4.31. The zero-order valence-corrected chi connectivity index (χ0v) is 16.5. The average Bonchev–Trinajstić information content (AvgIpc) is 3.09. The lowest BCUT2D eigenvalue weighted by Gasteiger charge is -2.18. The molecule has 0 radical (unpaired) electrons. The monoisotopic (exact) mass is 387 g/mol. The number of hydrogen-bond donors (Lipinski definition) is 1. The molecule has 0 bridgehead atoms. The molecule has 1 heterocycles. The van der Waals surface area contributed by atoms with Crippen LogP contribution in [0, 0.1) is 0 Å². The van der Waals surface area contributed by atoms with Crippen LogP contribution in [0.1, 0.15) is 22.3 Å². The van der Waals surface area contributed by atoms with E-state index in [0.717, 1.165) is 30.6 Å². The molecule has 0 atom stereocenters. The number of carbonyl (C=O) groups excluding carboxylic acids is 1. The highest BCUT2D eigenvalue weighted by atomic mass is 32.2. The number of para-hydroxylation sites is 1. The van der Waals surface area contributed by atoms with Crippen molar-refractivity contribution in [2.45, 2.75) is 17.7 Å². The highest BCUT2D eigenvalue weighted by Crippen LogP contribution is 2.29. The zero-order valence-electron chi connectivity index (χ0n) is 15.7. The van der Waals surface area contributed by atoms with Crippen molar-refractivity contribution in [1.29, 1.82) is 0 Å². The van der Waals surface area contributed by atoms with Gasteiger partial charge in [-0.3, -0.25) is 4.79 Å². The van der Waals surface area contributed by atoms with Gasteiger partial charge in [-0.25, -0.2) is 13.1 Å². The Morgan fingerprint density at radius 1 is 1.15 bits per heavy atom. The summed E-state index contributed by atoms with van der Waals surface area (Å²) in [6.07, 6.45) is 1.53. The minimum absolute atomic E-state index is 0.116. The molecule has 144 valence electrons. The van der Waals surface area contributed by atoms with Gasteiger partial charge in [-0.05, 0) is 63.3 Å². The van der Waals surface area contributed by atoms with Crippen LogP contribution in [-0.4, -0.2) is 53.0 Å². The van der Waals surface area contributed by atoms with E-state index in [9.17, 15) is 13.2 Å². The van der Waals surface area contributed by atoms with Crippen LogP contribution in [0.4, 0.5) is 5.69 Å². The summed E-state index contributed by atoms with van der Waals surface area (Å²) in [6.45, 7) is 1.77. The molecule has 0 saturated heterocycles. The first-order valence-corrected chi connectivity index (χ1v) is 10.5. The molecule has 2 aromatic carbocycles. The number of hydrogen-bond acceptors (Lipinski definition) is 4. The van der Waals surface area contributed by atoms with Crippen molar-refractivity contribution in [2.24, 2.45) is 0 Å². The van der Waals surface area contributed by atoms with E-state index >= 15 is 0 Å². The Kier molecular flexibility index (Phi) is 5.94. The van der Waals surface area contributed by atoms with Crippen LogP contribution in [0.5, 0.6) is 0 Å². The Bertz CT molecular complexity index is 926. The maximum absolute atomic E-state index is 12.9. The van der Waals surface area contributed by atoms with Crippen molar-refractivity contribution >= 4 is 21.6 Å². The number of sulfonamides is 1. The summed E-state index contributed by atoms with van der Waals surface area (Å²) in [5.41, 5.74) is 2.41. The van der Waals surface area contributed by atoms with Crippen molar-refractivity contribution in [3.63, 3.8) is 0 Å². The third-order valence-corrected chi connectivity index (χ3v) is 6.06. The fraction of sp³-hybridized carbons (Fsp3) is 0.350. The second-order valence-corrected chi connectivity index (χ2v) is 8.68. The topological polar surface area (TPSA) is 69.7 Å². The fourth-order valence-electron chi connectivity index (χ4n) is 3.19. The van der Waals surface area contributed by atoms with Crippen molar-refractivity contribution in [3.05, 3.63) is 59.7 Å². The van der Waals surface area contributed by atoms with E-state index in [1.807, 2.05) is 43.3 Å². The van der Waals surface area contributed by atoms with Crippen LogP contribution in [-0.2, 0) is 16.4 Å². The molecule has 0 saturated carbocycles.